The van der Waals surface area contributed by atoms with Crippen LogP contribution in [-0.2, 0) is 19.2 Å². The van der Waals surface area contributed by atoms with E-state index in [0.29, 0.717) is 6.42 Å². The zero-order chi connectivity index (χ0) is 23.6. The fourth-order valence-electron chi connectivity index (χ4n) is 2.83. The second-order valence-electron chi connectivity index (χ2n) is 8.74. The van der Waals surface area contributed by atoms with Crippen molar-refractivity contribution in [3.8, 4) is 0 Å². The molecule has 0 aliphatic rings. The van der Waals surface area contributed by atoms with Gasteiger partial charge in [0.05, 0.1) is 6.04 Å². The summed E-state index contributed by atoms with van der Waals surface area (Å²) in [5.74, 6) is -2.78. The van der Waals surface area contributed by atoms with Crippen LogP contribution >= 0.6 is 12.6 Å². The van der Waals surface area contributed by atoms with Gasteiger partial charge in [-0.25, -0.2) is 4.79 Å². The van der Waals surface area contributed by atoms with Gasteiger partial charge in [0, 0.05) is 5.75 Å². The predicted molar refractivity (Wildman–Crippen MR) is 119 cm³/mol. The summed E-state index contributed by atoms with van der Waals surface area (Å²) in [4.78, 5) is 49.0. The summed E-state index contributed by atoms with van der Waals surface area (Å²) in [5.41, 5.74) is 5.89. The predicted octanol–water partition coefficient (Wildman–Crippen LogP) is 0.531. The lowest BCUT2D eigenvalue weighted by molar-refractivity contribution is -0.142. The van der Waals surface area contributed by atoms with Crippen LogP contribution in [0.15, 0.2) is 0 Å². The average Bonchev–Trinajstić information content (AvgIpc) is 2.61. The number of rotatable bonds is 13. The first-order valence-electron chi connectivity index (χ1n) is 10.3. The van der Waals surface area contributed by atoms with Crippen LogP contribution in [0.4, 0.5) is 0 Å². The maximum Gasteiger partial charge on any atom is 0.326 e. The number of carbonyl (C=O) groups excluding carboxylic acids is 3. The van der Waals surface area contributed by atoms with Gasteiger partial charge in [0.25, 0.3) is 0 Å². The van der Waals surface area contributed by atoms with Crippen molar-refractivity contribution in [1.29, 1.82) is 0 Å². The maximum atomic E-state index is 12.7. The van der Waals surface area contributed by atoms with Gasteiger partial charge in [-0.1, -0.05) is 41.5 Å². The first-order chi connectivity index (χ1) is 13.8. The minimum absolute atomic E-state index is 0.0305. The van der Waals surface area contributed by atoms with E-state index in [1.807, 2.05) is 27.7 Å². The van der Waals surface area contributed by atoms with Crippen LogP contribution in [0.1, 0.15) is 54.4 Å². The van der Waals surface area contributed by atoms with Gasteiger partial charge in [-0.2, -0.15) is 12.6 Å². The van der Waals surface area contributed by atoms with E-state index in [0.717, 1.165) is 0 Å². The molecular formula is C20H38N4O5S. The third-order valence-electron chi connectivity index (χ3n) is 4.45. The van der Waals surface area contributed by atoms with Crippen LogP contribution in [0.3, 0.4) is 0 Å². The Bertz CT molecular complexity index is 598. The van der Waals surface area contributed by atoms with Crippen molar-refractivity contribution < 1.29 is 24.3 Å². The van der Waals surface area contributed by atoms with E-state index in [1.54, 1.807) is 13.8 Å². The molecule has 0 saturated heterocycles. The fourth-order valence-corrected chi connectivity index (χ4v) is 3.09. The number of carbonyl (C=O) groups is 4. The monoisotopic (exact) mass is 446 g/mol. The minimum Gasteiger partial charge on any atom is -0.480 e. The highest BCUT2D eigenvalue weighted by molar-refractivity contribution is 7.80. The molecule has 30 heavy (non-hydrogen) atoms. The Hall–Kier alpha value is -1.81. The van der Waals surface area contributed by atoms with E-state index >= 15 is 0 Å². The van der Waals surface area contributed by atoms with Crippen molar-refractivity contribution >= 4 is 36.3 Å². The molecule has 0 fully saturated rings. The highest BCUT2D eigenvalue weighted by Crippen LogP contribution is 2.08. The normalized spacial score (nSPS) is 15.4. The number of nitrogens with one attached hydrogen (secondary N) is 3. The molecule has 6 N–H and O–H groups in total. The molecule has 0 aliphatic carbocycles. The number of thiol groups is 1. The van der Waals surface area contributed by atoms with Crippen LogP contribution in [0.25, 0.3) is 0 Å². The van der Waals surface area contributed by atoms with Gasteiger partial charge in [0.2, 0.25) is 17.7 Å². The van der Waals surface area contributed by atoms with Gasteiger partial charge >= 0.3 is 5.97 Å². The highest BCUT2D eigenvalue weighted by atomic mass is 32.1. The smallest absolute Gasteiger partial charge is 0.326 e. The molecule has 0 spiro atoms. The Kier molecular flexibility index (Phi) is 12.7. The zero-order valence-electron chi connectivity index (χ0n) is 18.8. The number of carboxylic acid groups (broad SMARTS) is 1. The zero-order valence-corrected chi connectivity index (χ0v) is 19.7. The van der Waals surface area contributed by atoms with Crippen LogP contribution < -0.4 is 21.7 Å². The first kappa shape index (κ1) is 28.2. The van der Waals surface area contributed by atoms with Gasteiger partial charge in [0.1, 0.15) is 18.1 Å². The molecule has 0 heterocycles. The molecule has 9 nitrogen and oxygen atoms in total. The Morgan fingerprint density at radius 2 is 1.30 bits per heavy atom. The van der Waals surface area contributed by atoms with Gasteiger partial charge in [-0.3, -0.25) is 14.4 Å². The van der Waals surface area contributed by atoms with Gasteiger partial charge in [-0.05, 0) is 30.6 Å². The molecule has 0 rings (SSSR count). The highest BCUT2D eigenvalue weighted by Gasteiger charge is 2.31. The van der Waals surface area contributed by atoms with E-state index < -0.39 is 47.9 Å². The molecule has 0 aromatic rings. The second kappa shape index (κ2) is 13.5. The van der Waals surface area contributed by atoms with Gasteiger partial charge < -0.3 is 26.8 Å². The Morgan fingerprint density at radius 3 is 1.70 bits per heavy atom. The van der Waals surface area contributed by atoms with Crippen molar-refractivity contribution in [3.05, 3.63) is 0 Å². The summed E-state index contributed by atoms with van der Waals surface area (Å²) in [6, 6.07) is -3.74. The summed E-state index contributed by atoms with van der Waals surface area (Å²) >= 11 is 4.10. The van der Waals surface area contributed by atoms with Crippen LogP contribution in [0, 0.1) is 17.8 Å². The molecule has 4 unspecified atom stereocenters. The average molecular weight is 447 g/mol. The Balaban J connectivity index is 5.15. The van der Waals surface area contributed by atoms with Crippen LogP contribution in [0.5, 0.6) is 0 Å². The largest absolute Gasteiger partial charge is 0.480 e. The molecule has 174 valence electrons. The van der Waals surface area contributed by atoms with Crippen molar-refractivity contribution in [2.75, 3.05) is 5.75 Å². The number of amides is 3. The first-order valence-corrected chi connectivity index (χ1v) is 10.9. The van der Waals surface area contributed by atoms with E-state index in [1.165, 1.54) is 0 Å². The lowest BCUT2D eigenvalue weighted by atomic mass is 10.00. The quantitative estimate of drug-likeness (QED) is 0.227. The van der Waals surface area contributed by atoms with E-state index in [-0.39, 0.29) is 29.9 Å². The summed E-state index contributed by atoms with van der Waals surface area (Å²) in [7, 11) is 0. The fraction of sp³-hybridized carbons (Fsp3) is 0.800. The van der Waals surface area contributed by atoms with Crippen molar-refractivity contribution in [2.24, 2.45) is 23.5 Å². The summed E-state index contributed by atoms with van der Waals surface area (Å²) in [6.07, 6.45) is 0.735. The van der Waals surface area contributed by atoms with E-state index in [9.17, 15) is 24.3 Å². The lowest BCUT2D eigenvalue weighted by Gasteiger charge is -2.26. The second-order valence-corrected chi connectivity index (χ2v) is 9.10. The maximum absolute atomic E-state index is 12.7. The van der Waals surface area contributed by atoms with Crippen LogP contribution in [0.2, 0.25) is 0 Å². The summed E-state index contributed by atoms with van der Waals surface area (Å²) in [6.45, 7) is 11.1. The summed E-state index contributed by atoms with van der Waals surface area (Å²) < 4.78 is 0. The Labute approximate surface area is 184 Å². The molecule has 0 aliphatic heterocycles. The summed E-state index contributed by atoms with van der Waals surface area (Å²) in [5, 5.41) is 16.9. The Morgan fingerprint density at radius 1 is 0.800 bits per heavy atom. The topological polar surface area (TPSA) is 151 Å². The molecule has 0 saturated carbocycles. The molecule has 10 heteroatoms. The SMILES string of the molecule is CC(C)CC(N)C(=O)NC(C(=O)NC(CS)C(=O)NC(CC(C)C)C(=O)O)C(C)C. The third-order valence-corrected chi connectivity index (χ3v) is 4.81. The number of nitrogens with two attached hydrogens (primary N) is 1. The van der Waals surface area contributed by atoms with Crippen molar-refractivity contribution in [2.45, 2.75) is 78.6 Å². The molecule has 4 atom stereocenters. The van der Waals surface area contributed by atoms with Gasteiger partial charge in [-0.15, -0.1) is 0 Å². The van der Waals surface area contributed by atoms with Crippen molar-refractivity contribution in [3.63, 3.8) is 0 Å². The van der Waals surface area contributed by atoms with Crippen LogP contribution in [-0.4, -0.2) is 58.7 Å². The lowest BCUT2D eigenvalue weighted by Crippen LogP contribution is -2.59. The molecular weight excluding hydrogens is 408 g/mol. The minimum atomic E-state index is -1.15. The van der Waals surface area contributed by atoms with Gasteiger partial charge in [0.15, 0.2) is 0 Å². The third kappa shape index (κ3) is 10.3. The number of carboxylic acids is 1. The molecule has 0 aromatic carbocycles. The standard InChI is InChI=1S/C20H38N4O5S/c1-10(2)7-13(21)17(25)24-16(12(5)6)19(27)23-15(9-30)18(26)22-14(20(28)29)8-11(3)4/h10-16,30H,7-9,21H2,1-6H3,(H,22,26)(H,23,27)(H,24,25)(H,28,29). The molecule has 0 bridgehead atoms. The number of hydrogen-bond acceptors (Lipinski definition) is 6. The number of aliphatic carboxylic acids is 1. The van der Waals surface area contributed by atoms with Crippen molar-refractivity contribution in [1.82, 2.24) is 16.0 Å². The molecule has 0 aromatic heterocycles. The van der Waals surface area contributed by atoms with E-state index in [2.05, 4.69) is 28.6 Å². The molecule has 0 radical (unpaired) electrons. The number of hydrogen-bond donors (Lipinski definition) is 6. The van der Waals surface area contributed by atoms with E-state index in [4.69, 9.17) is 5.73 Å². The molecule has 3 amide bonds.